The fourth-order valence-corrected chi connectivity index (χ4v) is 1.96. The summed E-state index contributed by atoms with van der Waals surface area (Å²) >= 11 is 1.78. The summed E-state index contributed by atoms with van der Waals surface area (Å²) in [6.07, 6.45) is 0.691. The van der Waals surface area contributed by atoms with Crippen LogP contribution in [0, 0.1) is 36.0 Å². The van der Waals surface area contributed by atoms with Gasteiger partial charge in [0.1, 0.15) is 9.61 Å². The molecule has 22 heavy (non-hydrogen) atoms. The summed E-state index contributed by atoms with van der Waals surface area (Å²) in [5.74, 6) is -1.41. The van der Waals surface area contributed by atoms with E-state index in [2.05, 4.69) is 5.18 Å². The quantitative estimate of drug-likeness (QED) is 0.213. The predicted molar refractivity (Wildman–Crippen MR) is 84.3 cm³/mol. The molecule has 0 spiro atoms. The topological polar surface area (TPSA) is 104 Å². The number of amides is 1. The molecule has 9 heteroatoms. The van der Waals surface area contributed by atoms with Crippen LogP contribution in [-0.2, 0) is 4.79 Å². The van der Waals surface area contributed by atoms with Crippen LogP contribution >= 0.6 is 22.6 Å². The average Bonchev–Trinajstić information content (AvgIpc) is 2.50. The molecule has 0 saturated heterocycles. The number of hydrogen-bond donors (Lipinski definition) is 1. The van der Waals surface area contributed by atoms with Crippen LogP contribution in [0.5, 0.6) is 0 Å². The van der Waals surface area contributed by atoms with Gasteiger partial charge < -0.3 is 10.0 Å². The van der Waals surface area contributed by atoms with E-state index < -0.39 is 15.8 Å². The summed E-state index contributed by atoms with van der Waals surface area (Å²) in [5, 5.41) is 11.5. The van der Waals surface area contributed by atoms with E-state index in [4.69, 9.17) is 5.11 Å². The molecule has 1 atom stereocenters. The van der Waals surface area contributed by atoms with Crippen molar-refractivity contribution in [1.29, 1.82) is 0 Å². The van der Waals surface area contributed by atoms with E-state index in [1.807, 2.05) is 0 Å². The fourth-order valence-electron chi connectivity index (χ4n) is 1.68. The Morgan fingerprint density at radius 3 is 2.59 bits per heavy atom. The Kier molecular flexibility index (Phi) is 9.71. The first-order valence-corrected chi connectivity index (χ1v) is 7.20. The SMILES string of the molecule is CN(CC[C@H](I)C(=O)O)C(=O)c1cccc(N=O)c1C=O.[U]. The maximum absolute atomic E-state index is 12.2. The van der Waals surface area contributed by atoms with Gasteiger partial charge in [-0.1, -0.05) is 28.7 Å². The maximum atomic E-state index is 12.2. The Labute approximate surface area is 164 Å². The van der Waals surface area contributed by atoms with Gasteiger partial charge in [0.05, 0.1) is 11.1 Å². The van der Waals surface area contributed by atoms with Gasteiger partial charge in [-0.25, -0.2) is 0 Å². The molecule has 1 rings (SSSR count). The van der Waals surface area contributed by atoms with Gasteiger partial charge in [-0.05, 0) is 23.7 Å². The number of nitrogens with zero attached hydrogens (tertiary/aromatic N) is 2. The largest absolute Gasteiger partial charge is 0.480 e. The van der Waals surface area contributed by atoms with Crippen molar-refractivity contribution in [3.05, 3.63) is 34.2 Å². The Bertz CT molecular complexity index is 582. The molecule has 0 heterocycles. The summed E-state index contributed by atoms with van der Waals surface area (Å²) in [4.78, 5) is 46.0. The third kappa shape index (κ3) is 5.44. The van der Waals surface area contributed by atoms with Crippen molar-refractivity contribution < 1.29 is 50.6 Å². The molecule has 0 aliphatic carbocycles. The van der Waals surface area contributed by atoms with Crippen LogP contribution in [0.1, 0.15) is 27.1 Å². The van der Waals surface area contributed by atoms with Crippen LogP contribution in [0.2, 0.25) is 0 Å². The molecule has 0 unspecified atom stereocenters. The zero-order chi connectivity index (χ0) is 16.0. The predicted octanol–water partition coefficient (Wildman–Crippen LogP) is 2.25. The number of alkyl halides is 1. The number of rotatable bonds is 7. The second kappa shape index (κ2) is 10.1. The second-order valence-corrected chi connectivity index (χ2v) is 5.77. The van der Waals surface area contributed by atoms with E-state index in [0.29, 0.717) is 6.29 Å². The zero-order valence-corrected chi connectivity index (χ0v) is 18.0. The molecule has 1 aromatic carbocycles. The van der Waals surface area contributed by atoms with Crippen molar-refractivity contribution in [3.63, 3.8) is 0 Å². The van der Waals surface area contributed by atoms with Gasteiger partial charge in [0.15, 0.2) is 6.29 Å². The molecule has 0 fully saturated rings. The first-order chi connectivity index (χ1) is 9.92. The Balaban J connectivity index is 0.00000441. The number of aliphatic carboxylic acids is 1. The summed E-state index contributed by atoms with van der Waals surface area (Å²) in [5.41, 5.74) is -0.0832. The summed E-state index contributed by atoms with van der Waals surface area (Å²) in [7, 11) is 1.50. The first kappa shape index (κ1) is 21.2. The van der Waals surface area contributed by atoms with Crippen molar-refractivity contribution in [2.24, 2.45) is 5.18 Å². The van der Waals surface area contributed by atoms with Gasteiger partial charge in [0, 0.05) is 44.7 Å². The smallest absolute Gasteiger partial charge is 0.316 e. The van der Waals surface area contributed by atoms with Crippen molar-refractivity contribution in [3.8, 4) is 0 Å². The Hall–Kier alpha value is -0.788. The molecule has 1 N–H and O–H groups in total. The molecule has 1 aromatic rings. The number of benzene rings is 1. The summed E-state index contributed by atoms with van der Waals surface area (Å²) in [6, 6.07) is 4.23. The number of halogens is 1. The molecule has 7 nitrogen and oxygen atoms in total. The number of carboxylic acid groups (broad SMARTS) is 1. The number of hydrogen-bond acceptors (Lipinski definition) is 5. The van der Waals surface area contributed by atoms with E-state index >= 15 is 0 Å². The van der Waals surface area contributed by atoms with Gasteiger partial charge in [-0.15, -0.1) is 4.91 Å². The maximum Gasteiger partial charge on any atom is 0.316 e. The van der Waals surface area contributed by atoms with E-state index in [1.54, 1.807) is 22.6 Å². The minimum absolute atomic E-state index is 0. The van der Waals surface area contributed by atoms with Gasteiger partial charge in [0.25, 0.3) is 5.91 Å². The van der Waals surface area contributed by atoms with Crippen LogP contribution in [0.3, 0.4) is 0 Å². The summed E-state index contributed by atoms with van der Waals surface area (Å²) < 4.78 is -0.605. The van der Waals surface area contributed by atoms with Crippen molar-refractivity contribution >= 4 is 46.4 Å². The van der Waals surface area contributed by atoms with Crippen molar-refractivity contribution in [2.75, 3.05) is 13.6 Å². The average molecular weight is 642 g/mol. The van der Waals surface area contributed by atoms with E-state index in [-0.39, 0.29) is 60.9 Å². The summed E-state index contributed by atoms with van der Waals surface area (Å²) in [6.45, 7) is 0.218. The molecular formula is C13H13IN2O5U. The number of nitroso groups, excluding NO2 is 1. The molecule has 0 saturated carbocycles. The molecule has 1 amide bonds. The third-order valence-corrected chi connectivity index (χ3v) is 4.02. The van der Waals surface area contributed by atoms with Gasteiger partial charge in [0.2, 0.25) is 0 Å². The van der Waals surface area contributed by atoms with E-state index in [1.165, 1.54) is 30.1 Å². The molecule has 0 bridgehead atoms. The standard InChI is InChI=1S/C13H13IN2O5.U/c1-16(6-5-10(14)13(19)20)12(18)8-3-2-4-11(15-21)9(8)7-17;/h2-4,7,10H,5-6H2,1H3,(H,19,20);/t10-;/m0./s1. The Morgan fingerprint density at radius 2 is 2.09 bits per heavy atom. The number of carbonyl (C=O) groups is 3. The molecule has 116 valence electrons. The molecule has 0 aliphatic rings. The second-order valence-electron chi connectivity index (χ2n) is 4.27. The first-order valence-electron chi connectivity index (χ1n) is 5.96. The zero-order valence-electron chi connectivity index (χ0n) is 11.7. The van der Waals surface area contributed by atoms with Crippen molar-refractivity contribution in [2.45, 2.75) is 10.3 Å². The minimum Gasteiger partial charge on any atom is -0.480 e. The number of aldehydes is 1. The number of carbonyl (C=O) groups excluding carboxylic acids is 2. The third-order valence-electron chi connectivity index (χ3n) is 2.86. The van der Waals surface area contributed by atoms with Crippen molar-refractivity contribution in [1.82, 2.24) is 4.90 Å². The molecule has 0 aromatic heterocycles. The van der Waals surface area contributed by atoms with E-state index in [9.17, 15) is 19.3 Å². The molecule has 0 radical (unpaired) electrons. The van der Waals surface area contributed by atoms with Crippen LogP contribution in [0.4, 0.5) is 5.69 Å². The van der Waals surface area contributed by atoms with Gasteiger partial charge >= 0.3 is 5.97 Å². The minimum atomic E-state index is -0.947. The van der Waals surface area contributed by atoms with Gasteiger partial charge in [-0.2, -0.15) is 0 Å². The van der Waals surface area contributed by atoms with Gasteiger partial charge in [-0.3, -0.25) is 14.4 Å². The fraction of sp³-hybridized carbons (Fsp3) is 0.308. The van der Waals surface area contributed by atoms with Crippen LogP contribution in [0.15, 0.2) is 23.4 Å². The molecule has 0 aliphatic heterocycles. The van der Waals surface area contributed by atoms with Crippen LogP contribution < -0.4 is 0 Å². The number of carboxylic acids is 1. The molecular weight excluding hydrogens is 629 g/mol. The monoisotopic (exact) mass is 642 g/mol. The van der Waals surface area contributed by atoms with Crippen LogP contribution in [0.25, 0.3) is 0 Å². The Morgan fingerprint density at radius 1 is 1.45 bits per heavy atom. The normalized spacial score (nSPS) is 11.0. The van der Waals surface area contributed by atoms with Crippen LogP contribution in [-0.4, -0.2) is 45.7 Å². The van der Waals surface area contributed by atoms with E-state index in [0.717, 1.165) is 0 Å².